The van der Waals surface area contributed by atoms with Crippen molar-refractivity contribution in [1.29, 1.82) is 0 Å². The Hall–Kier alpha value is -0.335. The Kier molecular flexibility index (Phi) is 6.02. The zero-order valence-electron chi connectivity index (χ0n) is 19.4. The molecule has 0 spiro atoms. The van der Waals surface area contributed by atoms with E-state index >= 15 is 0 Å². The topological polar surface area (TPSA) is 37.3 Å². The summed E-state index contributed by atoms with van der Waals surface area (Å²) in [6.45, 7) is 7.44. The van der Waals surface area contributed by atoms with Gasteiger partial charge in [-0.05, 0) is 90.1 Å². The molecule has 0 amide bonds. The van der Waals surface area contributed by atoms with Crippen molar-refractivity contribution in [2.24, 2.45) is 46.3 Å². The maximum atomic E-state index is 11.4. The fraction of sp³-hybridized carbons (Fsp3) is 0.960. The van der Waals surface area contributed by atoms with Gasteiger partial charge in [-0.25, -0.2) is 0 Å². The zero-order valence-corrected chi connectivity index (χ0v) is 19.4. The third-order valence-electron chi connectivity index (χ3n) is 10.9. The quantitative estimate of drug-likeness (QED) is 0.610. The Bertz CT molecular complexity index is 667. The fourth-order valence-corrected chi connectivity index (χ4v) is 9.26. The molecule has 30 heavy (non-hydrogen) atoms. The predicted octanol–water partition coefficient (Wildman–Crippen LogP) is 5.56. The normalized spacial score (nSPS) is 48.4. The molecular formula is C25H39B3O2. The van der Waals surface area contributed by atoms with Gasteiger partial charge in [-0.1, -0.05) is 58.7 Å². The highest BCUT2D eigenvalue weighted by Crippen LogP contribution is 2.71. The van der Waals surface area contributed by atoms with Gasteiger partial charge in [0, 0.05) is 0 Å². The first-order chi connectivity index (χ1) is 14.1. The van der Waals surface area contributed by atoms with Crippen LogP contribution in [0.4, 0.5) is 0 Å². The van der Waals surface area contributed by atoms with Gasteiger partial charge in [-0.3, -0.25) is 4.79 Å². The van der Waals surface area contributed by atoms with Crippen molar-refractivity contribution < 1.29 is 9.90 Å². The minimum atomic E-state index is -1.61. The van der Waals surface area contributed by atoms with E-state index in [-0.39, 0.29) is 5.41 Å². The Morgan fingerprint density at radius 3 is 2.37 bits per heavy atom. The van der Waals surface area contributed by atoms with Gasteiger partial charge >= 0.3 is 0 Å². The van der Waals surface area contributed by atoms with Gasteiger partial charge in [0.05, 0.1) is 23.5 Å². The molecule has 160 valence electrons. The number of hydrogen-bond acceptors (Lipinski definition) is 1. The van der Waals surface area contributed by atoms with Gasteiger partial charge in [0.2, 0.25) is 0 Å². The monoisotopic (exact) mass is 404 g/mol. The SMILES string of the molecule is [B]C1C2C3CCC(CCC([B])([B])C(=O)O)C3(C)CC[C@@H]2C2(C)CCCCC2[C@H]1CC. The van der Waals surface area contributed by atoms with Crippen LogP contribution in [-0.2, 0) is 4.79 Å². The van der Waals surface area contributed by atoms with Crippen molar-refractivity contribution in [2.75, 3.05) is 0 Å². The lowest BCUT2D eigenvalue weighted by molar-refractivity contribution is -0.139. The Balaban J connectivity index is 1.58. The number of rotatable bonds is 5. The second-order valence-electron chi connectivity index (χ2n) is 12.0. The van der Waals surface area contributed by atoms with Gasteiger partial charge in [-0.15, -0.1) is 0 Å². The molecule has 4 rings (SSSR count). The Morgan fingerprint density at radius 2 is 1.70 bits per heavy atom. The van der Waals surface area contributed by atoms with Crippen LogP contribution in [0.5, 0.6) is 0 Å². The number of hydrogen-bond donors (Lipinski definition) is 1. The maximum absolute atomic E-state index is 11.4. The van der Waals surface area contributed by atoms with Gasteiger partial charge in [0.25, 0.3) is 5.97 Å². The number of fused-ring (bicyclic) bond motifs is 5. The van der Waals surface area contributed by atoms with Crippen LogP contribution in [0, 0.1) is 46.3 Å². The molecule has 2 nitrogen and oxygen atoms in total. The molecule has 0 aromatic carbocycles. The summed E-state index contributed by atoms with van der Waals surface area (Å²) in [5.74, 6) is 3.25. The van der Waals surface area contributed by atoms with E-state index in [2.05, 4.69) is 20.8 Å². The average molecular weight is 404 g/mol. The highest BCUT2D eigenvalue weighted by molar-refractivity contribution is 6.49. The standard InChI is InChI=1S/C25H39B3O2/c1-4-16-17-7-5-6-12-24(17,3)19-11-13-23(2)15(10-14-25(27,28)22(29)30)8-9-18(23)20(19)21(16)26/h15-21H,4-14H2,1-3H3,(H,29,30)/t15?,16-,17?,18?,19+,20?,21?,23?,24?/m1/s1. The van der Waals surface area contributed by atoms with Crippen LogP contribution >= 0.6 is 0 Å². The molecule has 7 unspecified atom stereocenters. The van der Waals surface area contributed by atoms with E-state index in [4.69, 9.17) is 23.5 Å². The largest absolute Gasteiger partial charge is 0.482 e. The van der Waals surface area contributed by atoms with E-state index in [0.717, 1.165) is 18.3 Å². The van der Waals surface area contributed by atoms with Crippen molar-refractivity contribution in [3.05, 3.63) is 0 Å². The van der Waals surface area contributed by atoms with E-state index in [1.807, 2.05) is 0 Å². The van der Waals surface area contributed by atoms with Gasteiger partial charge in [-0.2, -0.15) is 0 Å². The van der Waals surface area contributed by atoms with E-state index < -0.39 is 11.2 Å². The molecule has 0 aromatic rings. The van der Waals surface area contributed by atoms with Crippen LogP contribution in [0.25, 0.3) is 0 Å². The van der Waals surface area contributed by atoms with Crippen molar-refractivity contribution in [3.8, 4) is 0 Å². The molecular weight excluding hydrogens is 365 g/mol. The summed E-state index contributed by atoms with van der Waals surface area (Å²) in [7, 11) is 18.9. The van der Waals surface area contributed by atoms with Crippen molar-refractivity contribution in [1.82, 2.24) is 0 Å². The summed E-state index contributed by atoms with van der Waals surface area (Å²) in [5.41, 5.74) is 0.718. The minimum absolute atomic E-state index is 0.253. The summed E-state index contributed by atoms with van der Waals surface area (Å²) in [6.07, 6.45) is 12.9. The average Bonchev–Trinajstić information content (AvgIpc) is 3.03. The number of carboxylic acid groups (broad SMARTS) is 1. The third kappa shape index (κ3) is 3.35. The second-order valence-corrected chi connectivity index (χ2v) is 12.0. The summed E-state index contributed by atoms with van der Waals surface area (Å²) in [4.78, 5) is 11.4. The van der Waals surface area contributed by atoms with E-state index in [1.54, 1.807) is 0 Å². The summed E-state index contributed by atoms with van der Waals surface area (Å²) < 4.78 is 0. The summed E-state index contributed by atoms with van der Waals surface area (Å²) >= 11 is 0. The third-order valence-corrected chi connectivity index (χ3v) is 10.9. The minimum Gasteiger partial charge on any atom is -0.482 e. The molecule has 0 aromatic heterocycles. The van der Waals surface area contributed by atoms with E-state index in [0.29, 0.717) is 41.3 Å². The highest BCUT2D eigenvalue weighted by Gasteiger charge is 2.62. The molecule has 9 atom stereocenters. The first kappa shape index (κ1) is 22.8. The van der Waals surface area contributed by atoms with Gasteiger partial charge < -0.3 is 5.11 Å². The van der Waals surface area contributed by atoms with Crippen LogP contribution in [0.2, 0.25) is 11.0 Å². The lowest BCUT2D eigenvalue weighted by atomic mass is 9.37. The molecule has 0 bridgehead atoms. The number of carbonyl (C=O) groups is 1. The lowest BCUT2D eigenvalue weighted by Crippen LogP contribution is -2.57. The molecule has 1 N–H and O–H groups in total. The van der Waals surface area contributed by atoms with Crippen LogP contribution in [0.1, 0.15) is 91.4 Å². The molecule has 6 radical (unpaired) electrons. The van der Waals surface area contributed by atoms with Gasteiger partial charge in [0.1, 0.15) is 0 Å². The molecule has 4 aliphatic rings. The molecule has 4 fully saturated rings. The van der Waals surface area contributed by atoms with Crippen molar-refractivity contribution >= 4 is 29.5 Å². The Morgan fingerprint density at radius 1 is 1.00 bits per heavy atom. The number of aliphatic carboxylic acids is 1. The molecule has 0 heterocycles. The second kappa shape index (κ2) is 7.91. The summed E-state index contributed by atoms with van der Waals surface area (Å²) in [5, 5.41) is 7.72. The molecule has 0 aliphatic heterocycles. The van der Waals surface area contributed by atoms with E-state index in [1.165, 1.54) is 57.8 Å². The smallest absolute Gasteiger partial charge is 0.292 e. The maximum Gasteiger partial charge on any atom is 0.292 e. The number of carboxylic acids is 1. The highest BCUT2D eigenvalue weighted by atomic mass is 16.4. The molecule has 4 aliphatic carbocycles. The first-order valence-electron chi connectivity index (χ1n) is 12.6. The zero-order chi connectivity index (χ0) is 21.9. The molecule has 5 heteroatoms. The first-order valence-corrected chi connectivity index (χ1v) is 12.6. The summed E-state index contributed by atoms with van der Waals surface area (Å²) in [6, 6.07) is 0. The fourth-order valence-electron chi connectivity index (χ4n) is 9.26. The van der Waals surface area contributed by atoms with Crippen LogP contribution in [-0.4, -0.2) is 34.6 Å². The van der Waals surface area contributed by atoms with Crippen molar-refractivity contribution in [2.45, 2.75) is 102 Å². The van der Waals surface area contributed by atoms with Crippen LogP contribution in [0.15, 0.2) is 0 Å². The van der Waals surface area contributed by atoms with Crippen LogP contribution in [0.3, 0.4) is 0 Å². The van der Waals surface area contributed by atoms with Crippen molar-refractivity contribution in [3.63, 3.8) is 0 Å². The molecule has 0 saturated heterocycles. The predicted molar refractivity (Wildman–Crippen MR) is 125 cm³/mol. The lowest BCUT2D eigenvalue weighted by Gasteiger charge is -2.65. The van der Waals surface area contributed by atoms with E-state index in [9.17, 15) is 9.90 Å². The van der Waals surface area contributed by atoms with Gasteiger partial charge in [0.15, 0.2) is 0 Å². The van der Waals surface area contributed by atoms with Crippen LogP contribution < -0.4 is 0 Å². The molecule has 4 saturated carbocycles. The Labute approximate surface area is 188 Å².